The monoisotopic (exact) mass is 403 g/mol. The Morgan fingerprint density at radius 2 is 1.71 bits per heavy atom. The fraction of sp³-hybridized carbons (Fsp3) is 0.235. The smallest absolute Gasteiger partial charge is 0.255 e. The second kappa shape index (κ2) is 7.51. The summed E-state index contributed by atoms with van der Waals surface area (Å²) in [5.74, 6) is -0.177. The van der Waals surface area contributed by atoms with Crippen molar-refractivity contribution in [2.75, 3.05) is 19.7 Å². The van der Waals surface area contributed by atoms with Gasteiger partial charge in [0.1, 0.15) is 6.10 Å². The molecule has 2 aromatic rings. The molecule has 0 aliphatic carbocycles. The average molecular weight is 405 g/mol. The lowest BCUT2D eigenvalue weighted by Crippen LogP contribution is -2.42. The number of morpholine rings is 1. The Bertz CT molecular complexity index is 761. The van der Waals surface area contributed by atoms with E-state index in [9.17, 15) is 4.79 Å². The number of hydrogen-bond acceptors (Lipinski definition) is 2. The lowest BCUT2D eigenvalue weighted by molar-refractivity contribution is -0.0228. The minimum absolute atomic E-state index is 0.177. The molecule has 1 aliphatic heterocycles. The van der Waals surface area contributed by atoms with Crippen LogP contribution in [0.4, 0.5) is 0 Å². The van der Waals surface area contributed by atoms with Crippen LogP contribution in [0.5, 0.6) is 0 Å². The Morgan fingerprint density at radius 1 is 1.00 bits per heavy atom. The van der Waals surface area contributed by atoms with Gasteiger partial charge in [0.2, 0.25) is 0 Å². The summed E-state index contributed by atoms with van der Waals surface area (Å²) in [7, 11) is 0. The SMILES string of the molecule is O=C(c1cc(Cl)ccc1Cl)N1CCOC(c2cc(Cl)cc(Cl)c2)C1. The van der Waals surface area contributed by atoms with Gasteiger partial charge in [-0.05, 0) is 42.0 Å². The van der Waals surface area contributed by atoms with Crippen molar-refractivity contribution in [3.05, 3.63) is 67.6 Å². The zero-order chi connectivity index (χ0) is 17.3. The highest BCUT2D eigenvalue weighted by Gasteiger charge is 2.27. The molecule has 1 aliphatic rings. The summed E-state index contributed by atoms with van der Waals surface area (Å²) >= 11 is 24.2. The normalized spacial score (nSPS) is 17.8. The molecule has 1 amide bonds. The summed E-state index contributed by atoms with van der Waals surface area (Å²) in [6.07, 6.45) is -0.295. The van der Waals surface area contributed by atoms with Gasteiger partial charge in [-0.1, -0.05) is 46.4 Å². The van der Waals surface area contributed by atoms with Gasteiger partial charge in [-0.2, -0.15) is 0 Å². The first kappa shape index (κ1) is 17.8. The Hall–Kier alpha value is -0.970. The first-order chi connectivity index (χ1) is 11.4. The molecule has 2 aromatic carbocycles. The Balaban J connectivity index is 1.82. The minimum Gasteiger partial charge on any atom is -0.370 e. The number of halogens is 4. The van der Waals surface area contributed by atoms with Crippen molar-refractivity contribution >= 4 is 52.3 Å². The van der Waals surface area contributed by atoms with Gasteiger partial charge in [-0.15, -0.1) is 0 Å². The van der Waals surface area contributed by atoms with E-state index >= 15 is 0 Å². The van der Waals surface area contributed by atoms with E-state index < -0.39 is 0 Å². The van der Waals surface area contributed by atoms with Crippen LogP contribution in [0, 0.1) is 0 Å². The molecule has 1 heterocycles. The van der Waals surface area contributed by atoms with Crippen LogP contribution in [0.1, 0.15) is 22.0 Å². The highest BCUT2D eigenvalue weighted by Crippen LogP contribution is 2.29. The number of carbonyl (C=O) groups is 1. The predicted octanol–water partition coefficient (Wildman–Crippen LogP) is 5.51. The van der Waals surface area contributed by atoms with Gasteiger partial charge in [0.25, 0.3) is 5.91 Å². The molecule has 1 fully saturated rings. The van der Waals surface area contributed by atoms with Crippen LogP contribution in [0.2, 0.25) is 20.1 Å². The summed E-state index contributed by atoms with van der Waals surface area (Å²) in [6, 6.07) is 10.1. The predicted molar refractivity (Wildman–Crippen MR) is 97.5 cm³/mol. The average Bonchev–Trinajstić information content (AvgIpc) is 2.55. The summed E-state index contributed by atoms with van der Waals surface area (Å²) in [6.45, 7) is 1.28. The Morgan fingerprint density at radius 3 is 2.42 bits per heavy atom. The van der Waals surface area contributed by atoms with E-state index in [1.165, 1.54) is 0 Å². The molecule has 0 radical (unpaired) electrons. The fourth-order valence-corrected chi connectivity index (χ4v) is 3.54. The number of amides is 1. The van der Waals surface area contributed by atoms with Crippen molar-refractivity contribution < 1.29 is 9.53 Å². The molecule has 0 N–H and O–H groups in total. The van der Waals surface area contributed by atoms with Crippen LogP contribution in [-0.4, -0.2) is 30.5 Å². The second-order valence-corrected chi connectivity index (χ2v) is 7.15. The number of rotatable bonds is 2. The van der Waals surface area contributed by atoms with Crippen molar-refractivity contribution in [3.8, 4) is 0 Å². The number of hydrogen-bond donors (Lipinski definition) is 0. The summed E-state index contributed by atoms with van der Waals surface area (Å²) in [5.41, 5.74) is 1.22. The lowest BCUT2D eigenvalue weighted by atomic mass is 10.1. The molecular formula is C17H13Cl4NO2. The van der Waals surface area contributed by atoms with Crippen LogP contribution in [0.15, 0.2) is 36.4 Å². The third-order valence-electron chi connectivity index (χ3n) is 3.77. The highest BCUT2D eigenvalue weighted by atomic mass is 35.5. The van der Waals surface area contributed by atoms with Gasteiger partial charge in [0, 0.05) is 21.6 Å². The molecule has 3 rings (SSSR count). The van der Waals surface area contributed by atoms with Crippen LogP contribution in [0.3, 0.4) is 0 Å². The second-order valence-electron chi connectivity index (χ2n) is 5.44. The molecule has 3 nitrogen and oxygen atoms in total. The van der Waals surface area contributed by atoms with Crippen LogP contribution < -0.4 is 0 Å². The molecule has 126 valence electrons. The van der Waals surface area contributed by atoms with E-state index in [-0.39, 0.29) is 12.0 Å². The summed E-state index contributed by atoms with van der Waals surface area (Å²) < 4.78 is 5.77. The van der Waals surface area contributed by atoms with E-state index in [1.54, 1.807) is 41.3 Å². The molecule has 7 heteroatoms. The van der Waals surface area contributed by atoms with Crippen molar-refractivity contribution in [1.29, 1.82) is 0 Å². The van der Waals surface area contributed by atoms with Gasteiger partial charge in [-0.3, -0.25) is 4.79 Å². The molecule has 1 saturated heterocycles. The minimum atomic E-state index is -0.295. The van der Waals surface area contributed by atoms with Crippen molar-refractivity contribution in [2.24, 2.45) is 0 Å². The molecule has 0 spiro atoms. The molecule has 0 saturated carbocycles. The van der Waals surface area contributed by atoms with Crippen molar-refractivity contribution in [3.63, 3.8) is 0 Å². The molecule has 0 bridgehead atoms. The van der Waals surface area contributed by atoms with Gasteiger partial charge in [0.05, 0.1) is 23.7 Å². The van der Waals surface area contributed by atoms with Gasteiger partial charge in [0.15, 0.2) is 0 Å². The standard InChI is InChI=1S/C17H13Cl4NO2/c18-11-1-2-15(21)14(8-11)17(23)22-3-4-24-16(9-22)10-5-12(19)7-13(20)6-10/h1-2,5-8,16H,3-4,9H2. The Labute approximate surface area is 160 Å². The zero-order valence-electron chi connectivity index (χ0n) is 12.4. The molecule has 1 atom stereocenters. The lowest BCUT2D eigenvalue weighted by Gasteiger charge is -2.33. The first-order valence-corrected chi connectivity index (χ1v) is 8.77. The van der Waals surface area contributed by atoms with Gasteiger partial charge >= 0.3 is 0 Å². The third-order valence-corrected chi connectivity index (χ3v) is 4.77. The quantitative estimate of drug-likeness (QED) is 0.659. The van der Waals surface area contributed by atoms with E-state index in [4.69, 9.17) is 51.1 Å². The van der Waals surface area contributed by atoms with E-state index in [2.05, 4.69) is 0 Å². The van der Waals surface area contributed by atoms with Crippen molar-refractivity contribution in [2.45, 2.75) is 6.10 Å². The molecule has 24 heavy (non-hydrogen) atoms. The maximum Gasteiger partial charge on any atom is 0.255 e. The van der Waals surface area contributed by atoms with Gasteiger partial charge < -0.3 is 9.64 Å². The van der Waals surface area contributed by atoms with E-state index in [0.717, 1.165) is 5.56 Å². The number of benzene rings is 2. The summed E-state index contributed by atoms with van der Waals surface area (Å²) in [4.78, 5) is 14.5. The maximum atomic E-state index is 12.8. The van der Waals surface area contributed by atoms with Crippen LogP contribution in [-0.2, 0) is 4.74 Å². The maximum absolute atomic E-state index is 12.8. The number of carbonyl (C=O) groups excluding carboxylic acids is 1. The first-order valence-electron chi connectivity index (χ1n) is 7.26. The largest absolute Gasteiger partial charge is 0.370 e. The third kappa shape index (κ3) is 3.98. The van der Waals surface area contributed by atoms with E-state index in [1.807, 2.05) is 0 Å². The highest BCUT2D eigenvalue weighted by molar-refractivity contribution is 6.36. The molecular weight excluding hydrogens is 392 g/mol. The molecule has 0 aromatic heterocycles. The number of nitrogens with zero attached hydrogens (tertiary/aromatic N) is 1. The van der Waals surface area contributed by atoms with Crippen LogP contribution >= 0.6 is 46.4 Å². The van der Waals surface area contributed by atoms with Crippen molar-refractivity contribution in [1.82, 2.24) is 4.90 Å². The Kier molecular flexibility index (Phi) is 5.58. The van der Waals surface area contributed by atoms with Gasteiger partial charge in [-0.25, -0.2) is 0 Å². The van der Waals surface area contributed by atoms with E-state index in [0.29, 0.717) is 45.4 Å². The topological polar surface area (TPSA) is 29.5 Å². The fourth-order valence-electron chi connectivity index (χ4n) is 2.63. The molecule has 1 unspecified atom stereocenters. The summed E-state index contributed by atoms with van der Waals surface area (Å²) in [5, 5.41) is 1.90. The van der Waals surface area contributed by atoms with Crippen LogP contribution in [0.25, 0.3) is 0 Å². The zero-order valence-corrected chi connectivity index (χ0v) is 15.5. The number of ether oxygens (including phenoxy) is 1.